The maximum absolute atomic E-state index is 11.5. The molecule has 0 spiro atoms. The first-order chi connectivity index (χ1) is 8.19. The van der Waals surface area contributed by atoms with E-state index >= 15 is 0 Å². The molecule has 0 aromatic heterocycles. The number of benzene rings is 1. The van der Waals surface area contributed by atoms with E-state index in [9.17, 15) is 4.79 Å². The van der Waals surface area contributed by atoms with Crippen LogP contribution in [-0.4, -0.2) is 19.6 Å². The number of esters is 1. The molecule has 1 atom stereocenters. The lowest BCUT2D eigenvalue weighted by atomic mass is 10.1. The lowest BCUT2D eigenvalue weighted by Crippen LogP contribution is -2.21. The van der Waals surface area contributed by atoms with Crippen LogP contribution in [0.3, 0.4) is 0 Å². The van der Waals surface area contributed by atoms with Crippen molar-refractivity contribution in [1.29, 1.82) is 0 Å². The molecular weight excluding hydrogens is 214 g/mol. The van der Waals surface area contributed by atoms with Crippen molar-refractivity contribution in [2.45, 2.75) is 26.8 Å². The normalized spacial score (nSPS) is 12.2. The fourth-order valence-electron chi connectivity index (χ4n) is 1.58. The minimum atomic E-state index is -0.272. The Balaban J connectivity index is 2.61. The number of hydrogen-bond donors (Lipinski definition) is 1. The van der Waals surface area contributed by atoms with E-state index in [-0.39, 0.29) is 5.97 Å². The largest absolute Gasteiger partial charge is 0.465 e. The molecular formula is C14H21NO2. The van der Waals surface area contributed by atoms with Crippen LogP contribution in [0.4, 0.5) is 0 Å². The molecule has 0 aliphatic heterocycles. The molecule has 0 aliphatic carbocycles. The van der Waals surface area contributed by atoms with Gasteiger partial charge in [-0.2, -0.15) is 0 Å². The van der Waals surface area contributed by atoms with Gasteiger partial charge in [0, 0.05) is 6.54 Å². The number of carbonyl (C=O) groups is 1. The molecule has 1 aromatic rings. The Kier molecular flexibility index (Phi) is 5.70. The molecule has 0 fully saturated rings. The highest BCUT2D eigenvalue weighted by Gasteiger charge is 2.10. The smallest absolute Gasteiger partial charge is 0.338 e. The Hall–Kier alpha value is -1.35. The number of methoxy groups -OCH3 is 1. The van der Waals surface area contributed by atoms with Crippen molar-refractivity contribution in [2.75, 3.05) is 13.7 Å². The summed E-state index contributed by atoms with van der Waals surface area (Å²) in [7, 11) is 1.41. The molecule has 17 heavy (non-hydrogen) atoms. The van der Waals surface area contributed by atoms with E-state index < -0.39 is 0 Å². The highest BCUT2D eigenvalue weighted by Crippen LogP contribution is 2.10. The zero-order valence-electron chi connectivity index (χ0n) is 10.8. The fraction of sp³-hybridized carbons (Fsp3) is 0.500. The van der Waals surface area contributed by atoms with Crippen LogP contribution in [0, 0.1) is 5.92 Å². The van der Waals surface area contributed by atoms with E-state index in [1.807, 2.05) is 18.2 Å². The maximum Gasteiger partial charge on any atom is 0.338 e. The summed E-state index contributed by atoms with van der Waals surface area (Å²) in [5.74, 6) is 0.381. The Bertz CT molecular complexity index is 363. The van der Waals surface area contributed by atoms with Gasteiger partial charge < -0.3 is 10.1 Å². The highest BCUT2D eigenvalue weighted by molar-refractivity contribution is 5.90. The van der Waals surface area contributed by atoms with E-state index in [2.05, 4.69) is 19.2 Å². The van der Waals surface area contributed by atoms with Crippen molar-refractivity contribution >= 4 is 5.97 Å². The Morgan fingerprint density at radius 3 is 2.76 bits per heavy atom. The van der Waals surface area contributed by atoms with Gasteiger partial charge in [0.25, 0.3) is 0 Å². The Morgan fingerprint density at radius 2 is 2.12 bits per heavy atom. The number of carbonyl (C=O) groups excluding carboxylic acids is 1. The predicted molar refractivity (Wildman–Crippen MR) is 68.9 cm³/mol. The van der Waals surface area contributed by atoms with Crippen molar-refractivity contribution in [2.24, 2.45) is 5.92 Å². The Labute approximate surface area is 103 Å². The molecule has 94 valence electrons. The van der Waals surface area contributed by atoms with Gasteiger partial charge >= 0.3 is 5.97 Å². The third-order valence-corrected chi connectivity index (χ3v) is 2.93. The quantitative estimate of drug-likeness (QED) is 0.770. The molecule has 0 bridgehead atoms. The van der Waals surface area contributed by atoms with Crippen LogP contribution in [0.25, 0.3) is 0 Å². The number of rotatable bonds is 6. The highest BCUT2D eigenvalue weighted by atomic mass is 16.5. The number of nitrogens with one attached hydrogen (secondary N) is 1. The summed E-state index contributed by atoms with van der Waals surface area (Å²) in [6, 6.07) is 7.54. The van der Waals surface area contributed by atoms with Crippen LogP contribution in [0.2, 0.25) is 0 Å². The average molecular weight is 235 g/mol. The van der Waals surface area contributed by atoms with Gasteiger partial charge in [-0.3, -0.25) is 0 Å². The van der Waals surface area contributed by atoms with Crippen LogP contribution in [0.1, 0.15) is 36.2 Å². The van der Waals surface area contributed by atoms with Gasteiger partial charge in [-0.25, -0.2) is 4.79 Å². The zero-order chi connectivity index (χ0) is 12.7. The number of hydrogen-bond acceptors (Lipinski definition) is 3. The van der Waals surface area contributed by atoms with Gasteiger partial charge in [0.15, 0.2) is 0 Å². The predicted octanol–water partition coefficient (Wildman–Crippen LogP) is 2.61. The molecule has 3 heteroatoms. The van der Waals surface area contributed by atoms with Crippen molar-refractivity contribution < 1.29 is 9.53 Å². The molecule has 0 heterocycles. The first kappa shape index (κ1) is 13.7. The monoisotopic (exact) mass is 235 g/mol. The molecule has 0 saturated carbocycles. The molecule has 3 nitrogen and oxygen atoms in total. The van der Waals surface area contributed by atoms with Crippen LogP contribution < -0.4 is 5.32 Å². The molecule has 0 amide bonds. The summed E-state index contributed by atoms with van der Waals surface area (Å²) in [6.07, 6.45) is 1.16. The molecule has 1 rings (SSSR count). The average Bonchev–Trinajstić information content (AvgIpc) is 2.38. The lowest BCUT2D eigenvalue weighted by Gasteiger charge is -2.12. The summed E-state index contributed by atoms with van der Waals surface area (Å²) in [5, 5.41) is 3.36. The first-order valence-corrected chi connectivity index (χ1v) is 6.06. The summed E-state index contributed by atoms with van der Waals surface area (Å²) in [4.78, 5) is 11.5. The van der Waals surface area contributed by atoms with Gasteiger partial charge in [-0.05, 0) is 24.1 Å². The van der Waals surface area contributed by atoms with Crippen molar-refractivity contribution in [3.63, 3.8) is 0 Å². The minimum absolute atomic E-state index is 0.272. The maximum atomic E-state index is 11.5. The SMILES string of the molecule is CCC(C)CNCc1ccccc1C(=O)OC. The second-order valence-electron chi connectivity index (χ2n) is 4.29. The van der Waals surface area contributed by atoms with E-state index in [1.54, 1.807) is 6.07 Å². The molecule has 1 aromatic carbocycles. The zero-order valence-corrected chi connectivity index (χ0v) is 10.8. The summed E-state index contributed by atoms with van der Waals surface area (Å²) in [6.45, 7) is 6.05. The van der Waals surface area contributed by atoms with Crippen molar-refractivity contribution in [3.05, 3.63) is 35.4 Å². The van der Waals surface area contributed by atoms with Gasteiger partial charge in [-0.1, -0.05) is 38.5 Å². The van der Waals surface area contributed by atoms with Crippen LogP contribution >= 0.6 is 0 Å². The molecule has 0 radical (unpaired) electrons. The van der Waals surface area contributed by atoms with Crippen LogP contribution in [-0.2, 0) is 11.3 Å². The Morgan fingerprint density at radius 1 is 1.41 bits per heavy atom. The first-order valence-electron chi connectivity index (χ1n) is 6.06. The minimum Gasteiger partial charge on any atom is -0.465 e. The van der Waals surface area contributed by atoms with Crippen molar-refractivity contribution in [3.8, 4) is 0 Å². The van der Waals surface area contributed by atoms with E-state index in [0.29, 0.717) is 18.0 Å². The van der Waals surface area contributed by atoms with E-state index in [4.69, 9.17) is 4.74 Å². The third-order valence-electron chi connectivity index (χ3n) is 2.93. The molecule has 1 N–H and O–H groups in total. The van der Waals surface area contributed by atoms with Crippen molar-refractivity contribution in [1.82, 2.24) is 5.32 Å². The van der Waals surface area contributed by atoms with E-state index in [0.717, 1.165) is 18.5 Å². The summed E-state index contributed by atoms with van der Waals surface area (Å²) in [5.41, 5.74) is 1.63. The fourth-order valence-corrected chi connectivity index (χ4v) is 1.58. The number of ether oxygens (including phenoxy) is 1. The molecule has 0 aliphatic rings. The standard InChI is InChI=1S/C14H21NO2/c1-4-11(2)9-15-10-12-7-5-6-8-13(12)14(16)17-3/h5-8,11,15H,4,9-10H2,1-3H3. The van der Waals surface area contributed by atoms with Gasteiger partial charge in [-0.15, -0.1) is 0 Å². The van der Waals surface area contributed by atoms with E-state index in [1.165, 1.54) is 7.11 Å². The third kappa shape index (κ3) is 4.19. The van der Waals surface area contributed by atoms with Crippen LogP contribution in [0.15, 0.2) is 24.3 Å². The van der Waals surface area contributed by atoms with Gasteiger partial charge in [0.1, 0.15) is 0 Å². The van der Waals surface area contributed by atoms with Gasteiger partial charge in [0.2, 0.25) is 0 Å². The second kappa shape index (κ2) is 7.07. The van der Waals surface area contributed by atoms with Gasteiger partial charge in [0.05, 0.1) is 12.7 Å². The van der Waals surface area contributed by atoms with Crippen LogP contribution in [0.5, 0.6) is 0 Å². The summed E-state index contributed by atoms with van der Waals surface area (Å²) < 4.78 is 4.76. The topological polar surface area (TPSA) is 38.3 Å². The summed E-state index contributed by atoms with van der Waals surface area (Å²) >= 11 is 0. The molecule has 0 saturated heterocycles. The molecule has 1 unspecified atom stereocenters. The lowest BCUT2D eigenvalue weighted by molar-refractivity contribution is 0.0599. The second-order valence-corrected chi connectivity index (χ2v) is 4.29.